The number of carbonyl (C=O) groups is 4. The smallest absolute Gasteiger partial charge is 0.326 e. The largest absolute Gasteiger partial charge is 0.480 e. The number of carboxylic acids is 1. The molecular formula is C15H26N4O6. The first-order chi connectivity index (χ1) is 11.6. The summed E-state index contributed by atoms with van der Waals surface area (Å²) >= 11 is 0. The standard InChI is InChI=1S/C15H26N4O6/c1-7(16)12(21)17-8(2)13(22)18-11(9(3)20)14(23)19-6-4-5-10(19)15(24)25/h7-11,20H,4-6,16H2,1-3H3,(H,17,21)(H,18,22)(H,24,25). The summed E-state index contributed by atoms with van der Waals surface area (Å²) in [7, 11) is 0. The monoisotopic (exact) mass is 358 g/mol. The molecule has 142 valence electrons. The minimum atomic E-state index is -1.30. The van der Waals surface area contributed by atoms with Crippen LogP contribution in [0.3, 0.4) is 0 Å². The maximum atomic E-state index is 12.6. The number of nitrogens with zero attached hydrogens (tertiary/aromatic N) is 1. The van der Waals surface area contributed by atoms with Gasteiger partial charge in [0.2, 0.25) is 17.7 Å². The van der Waals surface area contributed by atoms with E-state index < -0.39 is 54.0 Å². The van der Waals surface area contributed by atoms with Gasteiger partial charge in [-0.3, -0.25) is 14.4 Å². The van der Waals surface area contributed by atoms with Crippen molar-refractivity contribution in [3.8, 4) is 0 Å². The van der Waals surface area contributed by atoms with Gasteiger partial charge < -0.3 is 31.5 Å². The number of hydrogen-bond acceptors (Lipinski definition) is 6. The Hall–Kier alpha value is -2.20. The second-order valence-electron chi connectivity index (χ2n) is 6.27. The Kier molecular flexibility index (Phi) is 7.31. The number of likely N-dealkylation sites (tertiary alicyclic amines) is 1. The number of carboxylic acid groups (broad SMARTS) is 1. The van der Waals surface area contributed by atoms with Crippen LogP contribution in [0.15, 0.2) is 0 Å². The molecule has 10 heteroatoms. The molecule has 1 aliphatic rings. The quantitative estimate of drug-likeness (QED) is 0.344. The van der Waals surface area contributed by atoms with E-state index in [-0.39, 0.29) is 6.54 Å². The molecule has 0 saturated carbocycles. The molecule has 10 nitrogen and oxygen atoms in total. The molecule has 6 N–H and O–H groups in total. The van der Waals surface area contributed by atoms with Gasteiger partial charge in [-0.2, -0.15) is 0 Å². The molecule has 1 fully saturated rings. The SMILES string of the molecule is CC(N)C(=O)NC(C)C(=O)NC(C(=O)N1CCCC1C(=O)O)C(C)O. The second kappa shape index (κ2) is 8.77. The van der Waals surface area contributed by atoms with Gasteiger partial charge in [-0.15, -0.1) is 0 Å². The van der Waals surface area contributed by atoms with Crippen LogP contribution in [0.25, 0.3) is 0 Å². The fourth-order valence-electron chi connectivity index (χ4n) is 2.54. The lowest BCUT2D eigenvalue weighted by Crippen LogP contribution is -2.59. The zero-order chi connectivity index (χ0) is 19.3. The van der Waals surface area contributed by atoms with E-state index in [2.05, 4.69) is 10.6 Å². The number of aliphatic carboxylic acids is 1. The lowest BCUT2D eigenvalue weighted by atomic mass is 10.1. The van der Waals surface area contributed by atoms with Crippen LogP contribution in [0.5, 0.6) is 0 Å². The fourth-order valence-corrected chi connectivity index (χ4v) is 2.54. The number of hydrogen-bond donors (Lipinski definition) is 5. The van der Waals surface area contributed by atoms with Crippen molar-refractivity contribution in [1.29, 1.82) is 0 Å². The molecule has 25 heavy (non-hydrogen) atoms. The molecule has 1 saturated heterocycles. The van der Waals surface area contributed by atoms with Crippen LogP contribution in [0.4, 0.5) is 0 Å². The van der Waals surface area contributed by atoms with E-state index in [1.807, 2.05) is 0 Å². The first-order valence-corrected chi connectivity index (χ1v) is 8.14. The van der Waals surface area contributed by atoms with Crippen LogP contribution in [0, 0.1) is 0 Å². The predicted molar refractivity (Wildman–Crippen MR) is 87.2 cm³/mol. The molecule has 5 atom stereocenters. The zero-order valence-corrected chi connectivity index (χ0v) is 14.6. The molecule has 0 aromatic rings. The Morgan fingerprint density at radius 2 is 1.72 bits per heavy atom. The molecule has 1 aliphatic heterocycles. The molecule has 0 aromatic carbocycles. The lowest BCUT2D eigenvalue weighted by Gasteiger charge is -2.29. The molecule has 0 aromatic heterocycles. The number of nitrogens with one attached hydrogen (secondary N) is 2. The third-order valence-electron chi connectivity index (χ3n) is 4.03. The Balaban J connectivity index is 2.79. The van der Waals surface area contributed by atoms with E-state index >= 15 is 0 Å². The van der Waals surface area contributed by atoms with E-state index in [0.29, 0.717) is 12.8 Å². The van der Waals surface area contributed by atoms with Crippen LogP contribution in [-0.4, -0.2) is 75.6 Å². The highest BCUT2D eigenvalue weighted by atomic mass is 16.4. The van der Waals surface area contributed by atoms with Gasteiger partial charge in [-0.05, 0) is 33.6 Å². The van der Waals surface area contributed by atoms with Crippen molar-refractivity contribution >= 4 is 23.7 Å². The van der Waals surface area contributed by atoms with Crippen molar-refractivity contribution in [3.05, 3.63) is 0 Å². The summed E-state index contributed by atoms with van der Waals surface area (Å²) in [6.07, 6.45) is -0.380. The zero-order valence-electron chi connectivity index (χ0n) is 14.6. The van der Waals surface area contributed by atoms with Crippen molar-refractivity contribution in [1.82, 2.24) is 15.5 Å². The van der Waals surface area contributed by atoms with Gasteiger partial charge in [0.05, 0.1) is 12.1 Å². The number of amides is 3. The van der Waals surface area contributed by atoms with Gasteiger partial charge in [-0.1, -0.05) is 0 Å². The van der Waals surface area contributed by atoms with Gasteiger partial charge in [0, 0.05) is 6.54 Å². The number of carbonyl (C=O) groups excluding carboxylic acids is 3. The van der Waals surface area contributed by atoms with Gasteiger partial charge in [0.15, 0.2) is 0 Å². The van der Waals surface area contributed by atoms with E-state index in [0.717, 1.165) is 4.90 Å². The summed E-state index contributed by atoms with van der Waals surface area (Å²) in [6, 6.07) is -4.05. The first kappa shape index (κ1) is 20.8. The summed E-state index contributed by atoms with van der Waals surface area (Å²) in [5.74, 6) is -3.01. The van der Waals surface area contributed by atoms with Gasteiger partial charge in [0.1, 0.15) is 18.1 Å². The van der Waals surface area contributed by atoms with Crippen LogP contribution < -0.4 is 16.4 Å². The first-order valence-electron chi connectivity index (χ1n) is 8.14. The normalized spacial score (nSPS) is 21.8. The summed E-state index contributed by atoms with van der Waals surface area (Å²) in [5.41, 5.74) is 5.41. The van der Waals surface area contributed by atoms with Crippen molar-refractivity contribution < 1.29 is 29.4 Å². The number of aliphatic hydroxyl groups is 1. The molecule has 1 rings (SSSR count). The summed E-state index contributed by atoms with van der Waals surface area (Å²) in [5, 5.41) is 23.8. The van der Waals surface area contributed by atoms with Crippen molar-refractivity contribution in [3.63, 3.8) is 0 Å². The van der Waals surface area contributed by atoms with Crippen LogP contribution in [-0.2, 0) is 19.2 Å². The maximum absolute atomic E-state index is 12.6. The van der Waals surface area contributed by atoms with Crippen LogP contribution in [0.2, 0.25) is 0 Å². The summed E-state index contributed by atoms with van der Waals surface area (Å²) in [4.78, 5) is 48.7. The Bertz CT molecular complexity index is 536. The fraction of sp³-hybridized carbons (Fsp3) is 0.733. The minimum absolute atomic E-state index is 0.242. The average Bonchev–Trinajstić information content (AvgIpc) is 3.00. The summed E-state index contributed by atoms with van der Waals surface area (Å²) < 4.78 is 0. The lowest BCUT2D eigenvalue weighted by molar-refractivity contribution is -0.150. The van der Waals surface area contributed by atoms with Crippen molar-refractivity contribution in [2.45, 2.75) is 63.9 Å². The van der Waals surface area contributed by atoms with Gasteiger partial charge in [-0.25, -0.2) is 4.79 Å². The maximum Gasteiger partial charge on any atom is 0.326 e. The Labute approximate surface area is 145 Å². The second-order valence-corrected chi connectivity index (χ2v) is 6.27. The average molecular weight is 358 g/mol. The molecule has 0 bridgehead atoms. The minimum Gasteiger partial charge on any atom is -0.480 e. The Morgan fingerprint density at radius 3 is 2.20 bits per heavy atom. The number of rotatable bonds is 7. The van der Waals surface area contributed by atoms with E-state index in [4.69, 9.17) is 5.73 Å². The highest BCUT2D eigenvalue weighted by Gasteiger charge is 2.39. The molecule has 0 radical (unpaired) electrons. The van der Waals surface area contributed by atoms with E-state index in [1.54, 1.807) is 0 Å². The highest BCUT2D eigenvalue weighted by molar-refractivity contribution is 5.94. The molecule has 3 amide bonds. The number of nitrogens with two attached hydrogens (primary N) is 1. The molecule has 0 aliphatic carbocycles. The van der Waals surface area contributed by atoms with Crippen molar-refractivity contribution in [2.24, 2.45) is 5.73 Å². The molecule has 5 unspecified atom stereocenters. The van der Waals surface area contributed by atoms with Crippen LogP contribution in [0.1, 0.15) is 33.6 Å². The van der Waals surface area contributed by atoms with E-state index in [9.17, 15) is 29.4 Å². The van der Waals surface area contributed by atoms with Crippen molar-refractivity contribution in [2.75, 3.05) is 6.54 Å². The summed E-state index contributed by atoms with van der Waals surface area (Å²) in [6.45, 7) is 4.43. The molecule has 0 spiro atoms. The van der Waals surface area contributed by atoms with E-state index in [1.165, 1.54) is 20.8 Å². The molecule has 1 heterocycles. The third kappa shape index (κ3) is 5.40. The number of aliphatic hydroxyl groups excluding tert-OH is 1. The van der Waals surface area contributed by atoms with Crippen LogP contribution >= 0.6 is 0 Å². The van der Waals surface area contributed by atoms with Gasteiger partial charge in [0.25, 0.3) is 0 Å². The highest BCUT2D eigenvalue weighted by Crippen LogP contribution is 2.19. The Morgan fingerprint density at radius 1 is 1.12 bits per heavy atom. The predicted octanol–water partition coefficient (Wildman–Crippen LogP) is -2.22. The molecular weight excluding hydrogens is 332 g/mol. The topological polar surface area (TPSA) is 162 Å². The third-order valence-corrected chi connectivity index (χ3v) is 4.03. The van der Waals surface area contributed by atoms with Gasteiger partial charge >= 0.3 is 5.97 Å².